The first kappa shape index (κ1) is 24.2. The summed E-state index contributed by atoms with van der Waals surface area (Å²) in [6.07, 6.45) is 0.700. The number of rotatable bonds is 3. The van der Waals surface area contributed by atoms with Gasteiger partial charge in [-0.2, -0.15) is 0 Å². The molecule has 1 N–H and O–H groups in total. The van der Waals surface area contributed by atoms with E-state index in [0.29, 0.717) is 34.5 Å². The summed E-state index contributed by atoms with van der Waals surface area (Å²) in [7, 11) is 0. The maximum atomic E-state index is 14.8. The number of para-hydroxylation sites is 2. The summed E-state index contributed by atoms with van der Waals surface area (Å²) in [5.41, 5.74) is 1.37. The molecule has 0 bridgehead atoms. The van der Waals surface area contributed by atoms with Crippen molar-refractivity contribution in [2.24, 2.45) is 17.8 Å². The molecule has 5 aromatic rings. The number of benzene rings is 4. The maximum Gasteiger partial charge on any atom is 0.266 e. The maximum absolute atomic E-state index is 14.8. The molecule has 8 rings (SSSR count). The SMILES string of the molecule is CC(C)C[C@@H]1N[C@]2(c3ccccc3-n3c2nc2ccccc2c3=O)[C@@H]2C(=O)N(c3cccc4ccccc34)C(=O)[C@H]12. The minimum absolute atomic E-state index is 0.178. The molecule has 1 aromatic heterocycles. The Labute approximate surface area is 236 Å². The normalized spacial score (nSPS) is 24.6. The summed E-state index contributed by atoms with van der Waals surface area (Å²) in [6.45, 7) is 4.25. The minimum Gasteiger partial charge on any atom is -0.297 e. The summed E-state index contributed by atoms with van der Waals surface area (Å²) in [4.78, 5) is 49.7. The number of aromatic nitrogens is 2. The molecule has 0 unspecified atom stereocenters. The van der Waals surface area contributed by atoms with Gasteiger partial charge in [-0.1, -0.05) is 80.6 Å². The number of carbonyl (C=O) groups is 2. The zero-order chi connectivity index (χ0) is 28.0. The van der Waals surface area contributed by atoms with Crippen LogP contribution < -0.4 is 15.8 Å². The van der Waals surface area contributed by atoms with E-state index in [4.69, 9.17) is 4.98 Å². The molecule has 4 aromatic carbocycles. The largest absolute Gasteiger partial charge is 0.297 e. The average molecular weight is 541 g/mol. The highest BCUT2D eigenvalue weighted by molar-refractivity contribution is 6.26. The highest BCUT2D eigenvalue weighted by atomic mass is 16.2. The van der Waals surface area contributed by atoms with Crippen LogP contribution in [-0.4, -0.2) is 27.4 Å². The van der Waals surface area contributed by atoms with Gasteiger partial charge in [0.2, 0.25) is 11.8 Å². The summed E-state index contributed by atoms with van der Waals surface area (Å²) in [6, 6.07) is 28.3. The van der Waals surface area contributed by atoms with Crippen molar-refractivity contribution in [1.29, 1.82) is 0 Å². The molecule has 2 amide bonds. The van der Waals surface area contributed by atoms with Crippen LogP contribution >= 0.6 is 0 Å². The van der Waals surface area contributed by atoms with Crippen LogP contribution in [0.1, 0.15) is 31.7 Å². The standard InChI is InChI=1S/C34H28N4O3/c1-19(2)18-25-28-29(32(41)37(31(28)40)26-17-9-11-20-10-3-4-12-21(20)26)34(36-25)23-14-6-8-16-27(23)38-30(39)22-13-5-7-15-24(22)35-33(34)38/h3-17,19,25,28-29,36H,18H2,1-2H3/t25-,28+,29-,34+/m0/s1. The lowest BCUT2D eigenvalue weighted by Crippen LogP contribution is -2.50. The molecule has 3 aliphatic rings. The number of carbonyl (C=O) groups excluding carboxylic acids is 2. The molecule has 202 valence electrons. The van der Waals surface area contributed by atoms with Crippen molar-refractivity contribution in [2.45, 2.75) is 31.8 Å². The van der Waals surface area contributed by atoms with E-state index in [2.05, 4.69) is 19.2 Å². The van der Waals surface area contributed by atoms with Crippen molar-refractivity contribution >= 4 is 39.2 Å². The van der Waals surface area contributed by atoms with Crippen molar-refractivity contribution < 1.29 is 9.59 Å². The molecular weight excluding hydrogens is 512 g/mol. The van der Waals surface area contributed by atoms with Crippen LogP contribution in [0.2, 0.25) is 0 Å². The zero-order valence-corrected chi connectivity index (χ0v) is 22.7. The highest BCUT2D eigenvalue weighted by Crippen LogP contribution is 2.56. The fraction of sp³-hybridized carbons (Fsp3) is 0.235. The number of nitrogens with one attached hydrogen (secondary N) is 1. The second-order valence-electron chi connectivity index (χ2n) is 11.8. The fourth-order valence-corrected chi connectivity index (χ4v) is 7.57. The molecule has 41 heavy (non-hydrogen) atoms. The summed E-state index contributed by atoms with van der Waals surface area (Å²) in [5, 5.41) is 6.12. The topological polar surface area (TPSA) is 84.3 Å². The smallest absolute Gasteiger partial charge is 0.266 e. The zero-order valence-electron chi connectivity index (χ0n) is 22.7. The predicted octanol–water partition coefficient (Wildman–Crippen LogP) is 4.92. The molecule has 2 fully saturated rings. The van der Waals surface area contributed by atoms with Gasteiger partial charge in [-0.05, 0) is 42.0 Å². The Hall–Kier alpha value is -4.62. The summed E-state index contributed by atoms with van der Waals surface area (Å²) < 4.78 is 1.65. The van der Waals surface area contributed by atoms with E-state index in [9.17, 15) is 14.4 Å². The number of nitrogens with zero attached hydrogens (tertiary/aromatic N) is 3. The first-order valence-electron chi connectivity index (χ1n) is 14.2. The van der Waals surface area contributed by atoms with Gasteiger partial charge < -0.3 is 0 Å². The molecule has 7 nitrogen and oxygen atoms in total. The van der Waals surface area contributed by atoms with E-state index in [0.717, 1.165) is 16.3 Å². The Kier molecular flexibility index (Phi) is 4.98. The van der Waals surface area contributed by atoms with Gasteiger partial charge in [0.05, 0.1) is 34.1 Å². The van der Waals surface area contributed by atoms with Crippen molar-refractivity contribution in [3.63, 3.8) is 0 Å². The third kappa shape index (κ3) is 3.07. The Morgan fingerprint density at radius 3 is 2.32 bits per heavy atom. The summed E-state index contributed by atoms with van der Waals surface area (Å²) in [5.74, 6) is -1.08. The first-order chi connectivity index (χ1) is 19.9. The van der Waals surface area contributed by atoms with Crippen molar-refractivity contribution in [3.8, 4) is 5.69 Å². The van der Waals surface area contributed by atoms with Gasteiger partial charge in [0.15, 0.2) is 0 Å². The Bertz CT molecular complexity index is 1990. The molecule has 0 radical (unpaired) electrons. The van der Waals surface area contributed by atoms with Gasteiger partial charge in [-0.3, -0.25) is 24.3 Å². The van der Waals surface area contributed by atoms with Crippen LogP contribution in [0, 0.1) is 17.8 Å². The summed E-state index contributed by atoms with van der Waals surface area (Å²) >= 11 is 0. The van der Waals surface area contributed by atoms with Gasteiger partial charge in [-0.15, -0.1) is 0 Å². The number of hydrogen-bond donors (Lipinski definition) is 1. The monoisotopic (exact) mass is 540 g/mol. The van der Waals surface area contributed by atoms with E-state index in [-0.39, 0.29) is 29.3 Å². The van der Waals surface area contributed by atoms with Crippen LogP contribution in [0.15, 0.2) is 95.8 Å². The van der Waals surface area contributed by atoms with Crippen LogP contribution in [0.5, 0.6) is 0 Å². The van der Waals surface area contributed by atoms with E-state index in [1.54, 1.807) is 10.6 Å². The molecule has 0 saturated carbocycles. The van der Waals surface area contributed by atoms with Crippen molar-refractivity contribution in [1.82, 2.24) is 14.9 Å². The van der Waals surface area contributed by atoms with E-state index < -0.39 is 17.4 Å². The number of amides is 2. The third-order valence-electron chi connectivity index (χ3n) is 9.10. The van der Waals surface area contributed by atoms with E-state index in [1.807, 2.05) is 84.9 Å². The second-order valence-corrected chi connectivity index (χ2v) is 11.8. The predicted molar refractivity (Wildman–Crippen MR) is 158 cm³/mol. The minimum atomic E-state index is -1.13. The van der Waals surface area contributed by atoms with Gasteiger partial charge >= 0.3 is 0 Å². The Balaban J connectivity index is 1.41. The van der Waals surface area contributed by atoms with E-state index >= 15 is 0 Å². The van der Waals surface area contributed by atoms with Gasteiger partial charge in [0, 0.05) is 17.0 Å². The number of imide groups is 1. The highest BCUT2D eigenvalue weighted by Gasteiger charge is 2.69. The third-order valence-corrected chi connectivity index (χ3v) is 9.10. The number of hydrogen-bond acceptors (Lipinski definition) is 5. The fourth-order valence-electron chi connectivity index (χ4n) is 7.57. The Morgan fingerprint density at radius 2 is 1.49 bits per heavy atom. The lowest BCUT2D eigenvalue weighted by Gasteiger charge is -2.32. The van der Waals surface area contributed by atoms with Crippen LogP contribution in [-0.2, 0) is 15.1 Å². The number of anilines is 1. The molecule has 2 saturated heterocycles. The lowest BCUT2D eigenvalue weighted by atomic mass is 9.75. The van der Waals surface area contributed by atoms with Crippen molar-refractivity contribution in [2.75, 3.05) is 4.90 Å². The van der Waals surface area contributed by atoms with Gasteiger partial charge in [-0.25, -0.2) is 9.88 Å². The lowest BCUT2D eigenvalue weighted by molar-refractivity contribution is -0.123. The molecule has 0 aliphatic carbocycles. The van der Waals surface area contributed by atoms with Crippen molar-refractivity contribution in [3.05, 3.63) is 113 Å². The van der Waals surface area contributed by atoms with E-state index in [1.165, 1.54) is 4.90 Å². The molecule has 4 atom stereocenters. The number of fused-ring (bicyclic) bond motifs is 9. The average Bonchev–Trinajstić information content (AvgIpc) is 3.55. The second kappa shape index (κ2) is 8.44. The van der Waals surface area contributed by atoms with Crippen LogP contribution in [0.3, 0.4) is 0 Å². The Morgan fingerprint density at radius 1 is 0.805 bits per heavy atom. The molecule has 1 spiro atoms. The van der Waals surface area contributed by atoms with Gasteiger partial charge in [0.1, 0.15) is 11.4 Å². The molecule has 7 heteroatoms. The molecule has 3 aliphatic heterocycles. The molecular formula is C34H28N4O3. The molecule has 4 heterocycles. The van der Waals surface area contributed by atoms with Crippen LogP contribution in [0.25, 0.3) is 27.4 Å². The van der Waals surface area contributed by atoms with Crippen LogP contribution in [0.4, 0.5) is 5.69 Å². The van der Waals surface area contributed by atoms with Gasteiger partial charge in [0.25, 0.3) is 5.56 Å². The first-order valence-corrected chi connectivity index (χ1v) is 14.2. The quantitative estimate of drug-likeness (QED) is 0.329.